The second-order valence-corrected chi connectivity index (χ2v) is 4.96. The third kappa shape index (κ3) is 2.75. The number of aliphatic hydroxyl groups excluding tert-OH is 1. The van der Waals surface area contributed by atoms with Crippen molar-refractivity contribution >= 4 is 0 Å². The van der Waals surface area contributed by atoms with Crippen LogP contribution in [-0.4, -0.2) is 18.3 Å². The Hall–Kier alpha value is -1.98. The van der Waals surface area contributed by atoms with Gasteiger partial charge < -0.3 is 15.2 Å². The molecule has 0 bridgehead atoms. The van der Waals surface area contributed by atoms with Crippen molar-refractivity contribution in [2.45, 2.75) is 12.1 Å². The Kier molecular flexibility index (Phi) is 3.86. The predicted octanol–water partition coefficient (Wildman–Crippen LogP) is 2.72. The zero-order chi connectivity index (χ0) is 14.8. The second kappa shape index (κ2) is 5.79. The fourth-order valence-corrected chi connectivity index (χ4v) is 2.52. The quantitative estimate of drug-likeness (QED) is 0.910. The van der Waals surface area contributed by atoms with Gasteiger partial charge in [-0.1, -0.05) is 24.3 Å². The van der Waals surface area contributed by atoms with Gasteiger partial charge in [-0.05, 0) is 18.2 Å². The maximum absolute atomic E-state index is 13.6. The van der Waals surface area contributed by atoms with E-state index in [0.717, 1.165) is 23.4 Å². The summed E-state index contributed by atoms with van der Waals surface area (Å²) in [5.41, 5.74) is 0.677. The number of aliphatic hydroxyl groups is 1. The summed E-state index contributed by atoms with van der Waals surface area (Å²) in [4.78, 5) is 0. The van der Waals surface area contributed by atoms with E-state index in [-0.39, 0.29) is 18.2 Å². The van der Waals surface area contributed by atoms with Gasteiger partial charge in [0.2, 0.25) is 0 Å². The zero-order valence-corrected chi connectivity index (χ0v) is 11.2. The van der Waals surface area contributed by atoms with E-state index in [2.05, 4.69) is 5.32 Å². The minimum atomic E-state index is -1.25. The largest absolute Gasteiger partial charge is 0.491 e. The molecular weight excluding hydrogens is 276 g/mol. The van der Waals surface area contributed by atoms with E-state index in [9.17, 15) is 13.9 Å². The molecule has 1 aliphatic heterocycles. The first kappa shape index (κ1) is 14.0. The summed E-state index contributed by atoms with van der Waals surface area (Å²) in [5.74, 6) is -0.693. The molecule has 2 aromatic carbocycles. The molecular formula is C16H15F2NO2. The number of ether oxygens (including phenoxy) is 1. The summed E-state index contributed by atoms with van der Waals surface area (Å²) < 4.78 is 32.7. The van der Waals surface area contributed by atoms with Crippen molar-refractivity contribution in [3.8, 4) is 5.75 Å². The van der Waals surface area contributed by atoms with Crippen LogP contribution in [0.2, 0.25) is 0 Å². The van der Waals surface area contributed by atoms with Gasteiger partial charge in [0.05, 0.1) is 17.7 Å². The molecule has 3 nitrogen and oxygen atoms in total. The standard InChI is InChI=1S/C16H15F2NO2/c17-11-5-3-6-12(18)16(11)14(20)8-19-13-9-21-15-7-2-1-4-10(13)15/h1-7,13-14,19-20H,8-9H2. The molecule has 0 saturated carbocycles. The predicted molar refractivity (Wildman–Crippen MR) is 74.0 cm³/mol. The molecule has 2 N–H and O–H groups in total. The molecule has 0 spiro atoms. The molecule has 5 heteroatoms. The molecule has 0 aliphatic carbocycles. The lowest BCUT2D eigenvalue weighted by molar-refractivity contribution is 0.157. The number of halogens is 2. The maximum Gasteiger partial charge on any atom is 0.131 e. The zero-order valence-electron chi connectivity index (χ0n) is 11.2. The van der Waals surface area contributed by atoms with Gasteiger partial charge in [-0.25, -0.2) is 8.78 Å². The molecule has 1 aliphatic rings. The maximum atomic E-state index is 13.6. The average molecular weight is 291 g/mol. The SMILES string of the molecule is OC(CNC1COc2ccccc21)c1c(F)cccc1F. The lowest BCUT2D eigenvalue weighted by atomic mass is 10.1. The third-order valence-electron chi connectivity index (χ3n) is 3.59. The molecule has 3 rings (SSSR count). The van der Waals surface area contributed by atoms with Crippen molar-refractivity contribution < 1.29 is 18.6 Å². The summed E-state index contributed by atoms with van der Waals surface area (Å²) >= 11 is 0. The highest BCUT2D eigenvalue weighted by Crippen LogP contribution is 2.32. The summed E-state index contributed by atoms with van der Waals surface area (Å²) in [6, 6.07) is 11.0. The van der Waals surface area contributed by atoms with Gasteiger partial charge in [0.15, 0.2) is 0 Å². The Bertz CT molecular complexity index is 628. The van der Waals surface area contributed by atoms with Gasteiger partial charge in [-0.2, -0.15) is 0 Å². The van der Waals surface area contributed by atoms with Crippen LogP contribution >= 0.6 is 0 Å². The number of hydrogen-bond acceptors (Lipinski definition) is 3. The monoisotopic (exact) mass is 291 g/mol. The van der Waals surface area contributed by atoms with Gasteiger partial charge in [0.1, 0.15) is 24.0 Å². The van der Waals surface area contributed by atoms with Crippen LogP contribution in [0.15, 0.2) is 42.5 Å². The Labute approximate surface area is 121 Å². The summed E-state index contributed by atoms with van der Waals surface area (Å²) in [5, 5.41) is 13.1. The molecule has 21 heavy (non-hydrogen) atoms. The van der Waals surface area contributed by atoms with Crippen molar-refractivity contribution in [2.75, 3.05) is 13.2 Å². The van der Waals surface area contributed by atoms with Crippen LogP contribution in [0.25, 0.3) is 0 Å². The lowest BCUT2D eigenvalue weighted by Gasteiger charge is -2.17. The molecule has 0 amide bonds. The van der Waals surface area contributed by atoms with E-state index in [4.69, 9.17) is 4.74 Å². The van der Waals surface area contributed by atoms with Crippen molar-refractivity contribution in [1.29, 1.82) is 0 Å². The van der Waals surface area contributed by atoms with Crippen LogP contribution in [0, 0.1) is 11.6 Å². The van der Waals surface area contributed by atoms with E-state index < -0.39 is 17.7 Å². The van der Waals surface area contributed by atoms with Gasteiger partial charge in [-0.3, -0.25) is 0 Å². The molecule has 0 radical (unpaired) electrons. The van der Waals surface area contributed by atoms with Crippen LogP contribution < -0.4 is 10.1 Å². The Morgan fingerprint density at radius 2 is 1.86 bits per heavy atom. The van der Waals surface area contributed by atoms with Crippen molar-refractivity contribution in [3.05, 3.63) is 65.2 Å². The lowest BCUT2D eigenvalue weighted by Crippen LogP contribution is -2.28. The summed E-state index contributed by atoms with van der Waals surface area (Å²) in [7, 11) is 0. The van der Waals surface area contributed by atoms with Crippen LogP contribution in [-0.2, 0) is 0 Å². The normalized spacial score (nSPS) is 18.1. The first-order valence-electron chi connectivity index (χ1n) is 6.74. The minimum Gasteiger partial charge on any atom is -0.491 e. The molecule has 2 unspecified atom stereocenters. The summed E-state index contributed by atoms with van der Waals surface area (Å²) in [6.45, 7) is 0.478. The van der Waals surface area contributed by atoms with E-state index in [0.29, 0.717) is 6.61 Å². The first-order chi connectivity index (χ1) is 10.2. The van der Waals surface area contributed by atoms with Crippen molar-refractivity contribution in [2.24, 2.45) is 0 Å². The van der Waals surface area contributed by atoms with Crippen molar-refractivity contribution in [1.82, 2.24) is 5.32 Å². The van der Waals surface area contributed by atoms with Crippen LogP contribution in [0.4, 0.5) is 8.78 Å². The number of benzene rings is 2. The van der Waals surface area contributed by atoms with E-state index in [1.165, 1.54) is 6.07 Å². The van der Waals surface area contributed by atoms with Crippen LogP contribution in [0.1, 0.15) is 23.3 Å². The topological polar surface area (TPSA) is 41.5 Å². The van der Waals surface area contributed by atoms with Crippen LogP contribution in [0.5, 0.6) is 5.75 Å². The summed E-state index contributed by atoms with van der Waals surface area (Å²) in [6.07, 6.45) is -1.25. The number of para-hydroxylation sites is 1. The third-order valence-corrected chi connectivity index (χ3v) is 3.59. The average Bonchev–Trinajstić information content (AvgIpc) is 2.88. The van der Waals surface area contributed by atoms with Gasteiger partial charge >= 0.3 is 0 Å². The van der Waals surface area contributed by atoms with Crippen molar-refractivity contribution in [3.63, 3.8) is 0 Å². The van der Waals surface area contributed by atoms with E-state index >= 15 is 0 Å². The fraction of sp³-hybridized carbons (Fsp3) is 0.250. The molecule has 2 atom stereocenters. The Balaban J connectivity index is 1.69. The highest BCUT2D eigenvalue weighted by atomic mass is 19.1. The molecule has 0 aromatic heterocycles. The number of fused-ring (bicyclic) bond motifs is 1. The Morgan fingerprint density at radius 3 is 2.62 bits per heavy atom. The van der Waals surface area contributed by atoms with E-state index in [1.807, 2.05) is 24.3 Å². The molecule has 110 valence electrons. The molecule has 2 aromatic rings. The molecule has 0 saturated heterocycles. The fourth-order valence-electron chi connectivity index (χ4n) is 2.52. The van der Waals surface area contributed by atoms with Gasteiger partial charge in [0, 0.05) is 12.1 Å². The van der Waals surface area contributed by atoms with E-state index in [1.54, 1.807) is 0 Å². The Morgan fingerprint density at radius 1 is 1.14 bits per heavy atom. The van der Waals surface area contributed by atoms with Gasteiger partial charge in [-0.15, -0.1) is 0 Å². The highest BCUT2D eigenvalue weighted by Gasteiger charge is 2.25. The highest BCUT2D eigenvalue weighted by molar-refractivity contribution is 5.39. The smallest absolute Gasteiger partial charge is 0.131 e. The van der Waals surface area contributed by atoms with Crippen LogP contribution in [0.3, 0.4) is 0 Å². The first-order valence-corrected chi connectivity index (χ1v) is 6.74. The van der Waals surface area contributed by atoms with Gasteiger partial charge in [0.25, 0.3) is 0 Å². The number of rotatable bonds is 4. The second-order valence-electron chi connectivity index (χ2n) is 4.96. The number of nitrogens with one attached hydrogen (secondary N) is 1. The minimum absolute atomic E-state index is 0.0419. The number of hydrogen-bond donors (Lipinski definition) is 2. The molecule has 0 fully saturated rings. The molecule has 1 heterocycles.